The molecule has 14 heavy (non-hydrogen) atoms. The maximum atomic E-state index is 3.37. The van der Waals surface area contributed by atoms with Crippen LogP contribution in [0.25, 0.3) is 16.8 Å². The molecule has 0 amide bonds. The zero-order valence-electron chi connectivity index (χ0n) is 7.78. The maximum absolute atomic E-state index is 3.37. The minimum atomic E-state index is 0.903. The lowest BCUT2D eigenvalue weighted by atomic mass is 10.1. The van der Waals surface area contributed by atoms with Crippen LogP contribution in [0.3, 0.4) is 0 Å². The van der Waals surface area contributed by atoms with Gasteiger partial charge in [0, 0.05) is 5.33 Å². The topological polar surface area (TPSA) is 0 Å². The monoisotopic (exact) mass is 246 g/mol. The molecule has 70 valence electrons. The van der Waals surface area contributed by atoms with Gasteiger partial charge in [-0.1, -0.05) is 64.5 Å². The summed E-state index contributed by atoms with van der Waals surface area (Å²) in [7, 11) is 0. The SMILES string of the molecule is BrCC=Cc1ccc2ccccc2c1. The number of fused-ring (bicyclic) bond motifs is 1. The van der Waals surface area contributed by atoms with Crippen molar-refractivity contribution in [1.82, 2.24) is 0 Å². The molecule has 0 atom stereocenters. The van der Waals surface area contributed by atoms with E-state index in [1.807, 2.05) is 0 Å². The molecule has 2 aromatic rings. The summed E-state index contributed by atoms with van der Waals surface area (Å²) >= 11 is 3.37. The van der Waals surface area contributed by atoms with E-state index in [1.165, 1.54) is 16.3 Å². The zero-order valence-corrected chi connectivity index (χ0v) is 9.37. The van der Waals surface area contributed by atoms with Crippen molar-refractivity contribution in [3.8, 4) is 0 Å². The minimum absolute atomic E-state index is 0.903. The highest BCUT2D eigenvalue weighted by atomic mass is 79.9. The number of alkyl halides is 1. The highest BCUT2D eigenvalue weighted by Crippen LogP contribution is 2.16. The normalized spacial score (nSPS) is 11.2. The fourth-order valence-corrected chi connectivity index (χ4v) is 1.68. The quantitative estimate of drug-likeness (QED) is 0.696. The minimum Gasteiger partial charge on any atom is -0.0883 e. The number of allylic oxidation sites excluding steroid dienone is 1. The van der Waals surface area contributed by atoms with E-state index in [0.29, 0.717) is 0 Å². The molecule has 0 radical (unpaired) electrons. The first-order chi connectivity index (χ1) is 6.90. The molecule has 0 spiro atoms. The van der Waals surface area contributed by atoms with E-state index < -0.39 is 0 Å². The molecule has 0 unspecified atom stereocenters. The highest BCUT2D eigenvalue weighted by Gasteiger charge is 1.91. The summed E-state index contributed by atoms with van der Waals surface area (Å²) in [5.41, 5.74) is 1.25. The Kier molecular flexibility index (Phi) is 3.00. The summed E-state index contributed by atoms with van der Waals surface area (Å²) in [6.45, 7) is 0. The Balaban J connectivity index is 2.46. The first-order valence-electron chi connectivity index (χ1n) is 4.61. The van der Waals surface area contributed by atoms with Crippen LogP contribution in [0.2, 0.25) is 0 Å². The number of hydrogen-bond acceptors (Lipinski definition) is 0. The van der Waals surface area contributed by atoms with Crippen molar-refractivity contribution < 1.29 is 0 Å². The lowest BCUT2D eigenvalue weighted by Gasteiger charge is -1.98. The summed E-state index contributed by atoms with van der Waals surface area (Å²) in [6.07, 6.45) is 4.23. The predicted octanol–water partition coefficient (Wildman–Crippen LogP) is 4.25. The third kappa shape index (κ3) is 2.05. The van der Waals surface area contributed by atoms with Crippen LogP contribution in [0.4, 0.5) is 0 Å². The average Bonchev–Trinajstić information content (AvgIpc) is 2.26. The summed E-state index contributed by atoms with van der Waals surface area (Å²) in [6, 6.07) is 14.9. The van der Waals surface area contributed by atoms with Gasteiger partial charge in [0.15, 0.2) is 0 Å². The number of rotatable bonds is 2. The summed E-state index contributed by atoms with van der Waals surface area (Å²) < 4.78 is 0. The van der Waals surface area contributed by atoms with Crippen molar-refractivity contribution in [1.29, 1.82) is 0 Å². The molecular weight excluding hydrogens is 236 g/mol. The van der Waals surface area contributed by atoms with Crippen molar-refractivity contribution in [2.45, 2.75) is 0 Å². The second-order valence-electron chi connectivity index (χ2n) is 3.16. The molecule has 0 aliphatic carbocycles. The van der Waals surface area contributed by atoms with Crippen molar-refractivity contribution in [3.63, 3.8) is 0 Å². The Morgan fingerprint density at radius 1 is 1.00 bits per heavy atom. The molecule has 0 heterocycles. The van der Waals surface area contributed by atoms with Gasteiger partial charge in [-0.3, -0.25) is 0 Å². The molecule has 0 fully saturated rings. The van der Waals surface area contributed by atoms with Crippen molar-refractivity contribution in [2.75, 3.05) is 5.33 Å². The van der Waals surface area contributed by atoms with Crippen LogP contribution in [0, 0.1) is 0 Å². The molecule has 0 aromatic heterocycles. The van der Waals surface area contributed by atoms with E-state index in [4.69, 9.17) is 0 Å². The van der Waals surface area contributed by atoms with Crippen LogP contribution in [0.15, 0.2) is 48.5 Å². The van der Waals surface area contributed by atoms with Gasteiger partial charge < -0.3 is 0 Å². The Morgan fingerprint density at radius 3 is 2.57 bits per heavy atom. The molecule has 0 nitrogen and oxygen atoms in total. The Labute approximate surface area is 92.4 Å². The summed E-state index contributed by atoms with van der Waals surface area (Å²) in [4.78, 5) is 0. The Hall–Kier alpha value is -1.08. The molecule has 0 bridgehead atoms. The molecule has 1 heteroatoms. The third-order valence-corrected chi connectivity index (χ3v) is 2.55. The summed E-state index contributed by atoms with van der Waals surface area (Å²) in [5, 5.41) is 3.49. The van der Waals surface area contributed by atoms with Gasteiger partial charge in [0.05, 0.1) is 0 Å². The van der Waals surface area contributed by atoms with Crippen LogP contribution >= 0.6 is 15.9 Å². The van der Waals surface area contributed by atoms with Crippen LogP contribution < -0.4 is 0 Å². The molecule has 0 saturated carbocycles. The Morgan fingerprint density at radius 2 is 1.79 bits per heavy atom. The maximum Gasteiger partial charge on any atom is 0.0215 e. The highest BCUT2D eigenvalue weighted by molar-refractivity contribution is 9.09. The fourth-order valence-electron chi connectivity index (χ4n) is 1.49. The second kappa shape index (κ2) is 4.43. The smallest absolute Gasteiger partial charge is 0.0215 e. The molecule has 0 aliphatic heterocycles. The van der Waals surface area contributed by atoms with Gasteiger partial charge in [0.2, 0.25) is 0 Å². The molecule has 2 rings (SSSR count). The Bertz CT molecular complexity index is 457. The molecule has 0 saturated heterocycles. The van der Waals surface area contributed by atoms with E-state index in [1.54, 1.807) is 0 Å². The lowest BCUT2D eigenvalue weighted by molar-refractivity contribution is 1.69. The van der Waals surface area contributed by atoms with Crippen molar-refractivity contribution in [2.24, 2.45) is 0 Å². The van der Waals surface area contributed by atoms with E-state index in [-0.39, 0.29) is 0 Å². The number of hydrogen-bond donors (Lipinski definition) is 0. The molecule has 0 N–H and O–H groups in total. The van der Waals surface area contributed by atoms with E-state index in [2.05, 4.69) is 70.5 Å². The van der Waals surface area contributed by atoms with E-state index in [9.17, 15) is 0 Å². The average molecular weight is 247 g/mol. The van der Waals surface area contributed by atoms with Gasteiger partial charge in [-0.05, 0) is 22.4 Å². The van der Waals surface area contributed by atoms with Crippen molar-refractivity contribution in [3.05, 3.63) is 54.1 Å². The van der Waals surface area contributed by atoms with Crippen LogP contribution in [-0.2, 0) is 0 Å². The van der Waals surface area contributed by atoms with Gasteiger partial charge in [-0.2, -0.15) is 0 Å². The first-order valence-corrected chi connectivity index (χ1v) is 5.73. The van der Waals surface area contributed by atoms with Gasteiger partial charge in [-0.25, -0.2) is 0 Å². The molecular formula is C13H11Br. The first kappa shape index (κ1) is 9.47. The molecule has 0 aliphatic rings. The standard InChI is InChI=1S/C13H11Br/c14-9-3-4-11-7-8-12-5-1-2-6-13(12)10-11/h1-8,10H,9H2. The van der Waals surface area contributed by atoms with Crippen molar-refractivity contribution >= 4 is 32.8 Å². The van der Waals surface area contributed by atoms with Crippen LogP contribution in [0.5, 0.6) is 0 Å². The van der Waals surface area contributed by atoms with Gasteiger partial charge in [0.25, 0.3) is 0 Å². The summed E-state index contributed by atoms with van der Waals surface area (Å²) in [5.74, 6) is 0. The lowest BCUT2D eigenvalue weighted by Crippen LogP contribution is -1.74. The largest absolute Gasteiger partial charge is 0.0883 e. The number of halogens is 1. The number of benzene rings is 2. The third-order valence-electron chi connectivity index (χ3n) is 2.17. The zero-order chi connectivity index (χ0) is 9.80. The molecule has 2 aromatic carbocycles. The van der Waals surface area contributed by atoms with Gasteiger partial charge in [0.1, 0.15) is 0 Å². The van der Waals surface area contributed by atoms with Crippen LogP contribution in [0.1, 0.15) is 5.56 Å². The second-order valence-corrected chi connectivity index (χ2v) is 3.81. The predicted molar refractivity (Wildman–Crippen MR) is 66.8 cm³/mol. The van der Waals surface area contributed by atoms with E-state index in [0.717, 1.165) is 5.33 Å². The van der Waals surface area contributed by atoms with Gasteiger partial charge in [-0.15, -0.1) is 0 Å². The fraction of sp³-hybridized carbons (Fsp3) is 0.0769. The van der Waals surface area contributed by atoms with Crippen LogP contribution in [-0.4, -0.2) is 5.33 Å². The van der Waals surface area contributed by atoms with E-state index >= 15 is 0 Å². The van der Waals surface area contributed by atoms with Gasteiger partial charge >= 0.3 is 0 Å².